The summed E-state index contributed by atoms with van der Waals surface area (Å²) < 4.78 is 5.87. The summed E-state index contributed by atoms with van der Waals surface area (Å²) in [5.41, 5.74) is 3.85. The summed E-state index contributed by atoms with van der Waals surface area (Å²) in [7, 11) is 0. The molecule has 0 bridgehead atoms. The van der Waals surface area contributed by atoms with E-state index in [2.05, 4.69) is 58.5 Å². The minimum Gasteiger partial charge on any atom is -0.487 e. The summed E-state index contributed by atoms with van der Waals surface area (Å²) in [6.07, 6.45) is 3.54. The zero-order valence-electron chi connectivity index (χ0n) is 17.2. The van der Waals surface area contributed by atoms with Crippen LogP contribution in [0.3, 0.4) is 0 Å². The summed E-state index contributed by atoms with van der Waals surface area (Å²) in [5.74, 6) is 1.41. The summed E-state index contributed by atoms with van der Waals surface area (Å²) in [6.45, 7) is 7.09. The van der Waals surface area contributed by atoms with E-state index in [1.807, 2.05) is 42.5 Å². The maximum Gasteiger partial charge on any atom is 0.130 e. The Kier molecular flexibility index (Phi) is 5.52. The highest BCUT2D eigenvalue weighted by Crippen LogP contribution is 2.40. The van der Waals surface area contributed by atoms with Crippen molar-refractivity contribution in [3.63, 3.8) is 0 Å². The van der Waals surface area contributed by atoms with Gasteiger partial charge in [-0.1, -0.05) is 45.0 Å². The maximum atomic E-state index is 5.87. The second-order valence-electron chi connectivity index (χ2n) is 8.15. The van der Waals surface area contributed by atoms with Gasteiger partial charge >= 0.3 is 0 Å². The average Bonchev–Trinajstić information content (AvgIpc) is 3.29. The fraction of sp³-hybridized carbons (Fsp3) is 0.261. The van der Waals surface area contributed by atoms with Crippen LogP contribution < -0.4 is 9.84 Å². The molecule has 0 amide bonds. The lowest BCUT2D eigenvalue weighted by molar-refractivity contribution is 0.300. The largest absolute Gasteiger partial charge is 0.487 e. The molecule has 0 aliphatic heterocycles. The van der Waals surface area contributed by atoms with Crippen LogP contribution in [0.25, 0.3) is 11.4 Å². The number of hydrogen-bond acceptors (Lipinski definition) is 6. The molecule has 0 fully saturated rings. The molecule has 4 rings (SSSR count). The Morgan fingerprint density at radius 2 is 1.80 bits per heavy atom. The topological polar surface area (TPSA) is 87.8 Å². The number of tetrazole rings is 1. The first-order chi connectivity index (χ1) is 14.5. The Balaban J connectivity index is 1.54. The number of rotatable bonds is 6. The molecule has 1 atom stereocenters. The Bertz CT molecular complexity index is 1060. The normalized spacial score (nSPS) is 12.5. The van der Waals surface area contributed by atoms with Crippen LogP contribution in [-0.4, -0.2) is 25.5 Å². The predicted molar refractivity (Wildman–Crippen MR) is 113 cm³/mol. The van der Waals surface area contributed by atoms with Crippen LogP contribution in [-0.2, 0) is 6.61 Å². The molecule has 1 aromatic carbocycles. The molecule has 0 N–H and O–H groups in total. The van der Waals surface area contributed by atoms with Crippen molar-refractivity contribution in [2.75, 3.05) is 0 Å². The smallest absolute Gasteiger partial charge is 0.130 e. The molecule has 3 aromatic heterocycles. The van der Waals surface area contributed by atoms with Gasteiger partial charge < -0.3 is 9.84 Å². The van der Waals surface area contributed by atoms with E-state index in [9.17, 15) is 0 Å². The van der Waals surface area contributed by atoms with Crippen LogP contribution in [0.1, 0.15) is 43.6 Å². The fourth-order valence-corrected chi connectivity index (χ4v) is 3.48. The van der Waals surface area contributed by atoms with E-state index >= 15 is 0 Å². The minimum atomic E-state index is -0.0230. The van der Waals surface area contributed by atoms with Gasteiger partial charge in [0, 0.05) is 35.4 Å². The van der Waals surface area contributed by atoms with Crippen LogP contribution in [0.5, 0.6) is 5.75 Å². The van der Waals surface area contributed by atoms with Crippen molar-refractivity contribution < 1.29 is 4.74 Å². The van der Waals surface area contributed by atoms with Crippen molar-refractivity contribution in [1.29, 1.82) is 0 Å². The molecule has 7 nitrogen and oxygen atoms in total. The van der Waals surface area contributed by atoms with E-state index in [-0.39, 0.29) is 11.3 Å². The molecule has 0 aliphatic carbocycles. The van der Waals surface area contributed by atoms with E-state index in [0.29, 0.717) is 12.4 Å². The van der Waals surface area contributed by atoms with E-state index in [1.54, 1.807) is 12.4 Å². The van der Waals surface area contributed by atoms with Gasteiger partial charge in [0.1, 0.15) is 12.4 Å². The van der Waals surface area contributed by atoms with Gasteiger partial charge in [0.05, 0.1) is 5.69 Å². The first kappa shape index (κ1) is 19.7. The molecule has 30 heavy (non-hydrogen) atoms. The maximum absolute atomic E-state index is 5.87. The molecule has 0 aliphatic rings. The van der Waals surface area contributed by atoms with Crippen LogP contribution in [0.2, 0.25) is 0 Å². The highest BCUT2D eigenvalue weighted by molar-refractivity contribution is 5.52. The van der Waals surface area contributed by atoms with Crippen molar-refractivity contribution in [1.82, 2.24) is 30.6 Å². The molecule has 7 heteroatoms. The summed E-state index contributed by atoms with van der Waals surface area (Å²) in [5, 5.41) is 14.8. The third kappa shape index (κ3) is 4.51. The van der Waals surface area contributed by atoms with E-state index < -0.39 is 0 Å². The van der Waals surface area contributed by atoms with Gasteiger partial charge in [-0.05, 0) is 41.3 Å². The lowest BCUT2D eigenvalue weighted by atomic mass is 9.74. The van der Waals surface area contributed by atoms with E-state index in [4.69, 9.17) is 9.72 Å². The Morgan fingerprint density at radius 3 is 2.40 bits per heavy atom. The molecule has 0 spiro atoms. The summed E-state index contributed by atoms with van der Waals surface area (Å²) in [6, 6.07) is 18.0. The van der Waals surface area contributed by atoms with Gasteiger partial charge in [-0.2, -0.15) is 5.21 Å². The number of pyridine rings is 2. The molecule has 0 saturated carbocycles. The third-order valence-electron chi connectivity index (χ3n) is 4.85. The fourth-order valence-electron chi connectivity index (χ4n) is 3.48. The second kappa shape index (κ2) is 8.41. The lowest BCUT2D eigenvalue weighted by Crippen LogP contribution is -2.20. The second-order valence-corrected chi connectivity index (χ2v) is 8.15. The van der Waals surface area contributed by atoms with Gasteiger partial charge in [-0.15, -0.1) is 0 Å². The SMILES string of the molecule is CC(C)(C)C(c1ccc(OCc2ccccn2)cc1)c1ccc(-c2nnn[n-]2)cn1. The number of benzene rings is 1. The van der Waals surface area contributed by atoms with E-state index in [1.165, 1.54) is 5.56 Å². The third-order valence-corrected chi connectivity index (χ3v) is 4.85. The Labute approximate surface area is 175 Å². The van der Waals surface area contributed by atoms with Crippen LogP contribution in [0, 0.1) is 5.41 Å². The summed E-state index contributed by atoms with van der Waals surface area (Å²) in [4.78, 5) is 8.99. The number of nitrogens with zero attached hydrogens (tertiary/aromatic N) is 6. The van der Waals surface area contributed by atoms with Gasteiger partial charge in [-0.25, -0.2) is 0 Å². The Hall–Kier alpha value is -3.61. The van der Waals surface area contributed by atoms with Crippen LogP contribution >= 0.6 is 0 Å². The first-order valence-electron chi connectivity index (χ1n) is 9.78. The highest BCUT2D eigenvalue weighted by Gasteiger charge is 2.29. The molecule has 0 saturated heterocycles. The molecular weight excluding hydrogens is 376 g/mol. The van der Waals surface area contributed by atoms with Gasteiger partial charge in [0.15, 0.2) is 0 Å². The molecule has 1 unspecified atom stereocenters. The van der Waals surface area contributed by atoms with Crippen molar-refractivity contribution in [3.8, 4) is 17.1 Å². The van der Waals surface area contributed by atoms with Crippen LogP contribution in [0.4, 0.5) is 0 Å². The first-order valence-corrected chi connectivity index (χ1v) is 9.78. The molecule has 4 aromatic rings. The van der Waals surface area contributed by atoms with E-state index in [0.717, 1.165) is 22.7 Å². The average molecular weight is 399 g/mol. The van der Waals surface area contributed by atoms with Gasteiger partial charge in [-0.3, -0.25) is 20.3 Å². The van der Waals surface area contributed by atoms with Crippen molar-refractivity contribution in [2.24, 2.45) is 5.41 Å². The zero-order valence-corrected chi connectivity index (χ0v) is 17.2. The van der Waals surface area contributed by atoms with Crippen molar-refractivity contribution in [3.05, 3.63) is 83.9 Å². The number of ether oxygens (including phenoxy) is 1. The van der Waals surface area contributed by atoms with Crippen molar-refractivity contribution in [2.45, 2.75) is 33.3 Å². The standard InChI is InChI=1S/C23H23N6O/c1-23(2,3)21(20-12-9-17(14-25-20)22-26-28-29-27-22)16-7-10-19(11-8-16)30-15-18-6-4-5-13-24-18/h4-14,21H,15H2,1-3H3/q-1. The van der Waals surface area contributed by atoms with Gasteiger partial charge in [0.25, 0.3) is 0 Å². The number of hydrogen-bond donors (Lipinski definition) is 0. The molecule has 3 heterocycles. The zero-order chi connectivity index (χ0) is 21.0. The quantitative estimate of drug-likeness (QED) is 0.483. The molecule has 152 valence electrons. The predicted octanol–water partition coefficient (Wildman–Crippen LogP) is 4.04. The number of aromatic nitrogens is 6. The van der Waals surface area contributed by atoms with Gasteiger partial charge in [0.2, 0.25) is 0 Å². The van der Waals surface area contributed by atoms with Crippen molar-refractivity contribution >= 4 is 0 Å². The summed E-state index contributed by atoms with van der Waals surface area (Å²) >= 11 is 0. The lowest BCUT2D eigenvalue weighted by Gasteiger charge is -2.31. The molecule has 0 radical (unpaired) electrons. The monoisotopic (exact) mass is 399 g/mol. The Morgan fingerprint density at radius 1 is 0.967 bits per heavy atom. The van der Waals surface area contributed by atoms with Crippen LogP contribution in [0.15, 0.2) is 67.0 Å². The highest BCUT2D eigenvalue weighted by atomic mass is 16.5. The molecular formula is C23H23N6O-. The minimum absolute atomic E-state index is 0.0230.